The monoisotopic (exact) mass is 268 g/mol. The Balaban J connectivity index is 2.48. The molecule has 2 unspecified atom stereocenters. The Morgan fingerprint density at radius 2 is 2.22 bits per heavy atom. The quantitative estimate of drug-likeness (QED) is 0.515. The van der Waals surface area contributed by atoms with Gasteiger partial charge < -0.3 is 5.11 Å². The first-order chi connectivity index (χ1) is 8.60. The molecule has 0 saturated heterocycles. The summed E-state index contributed by atoms with van der Waals surface area (Å²) >= 11 is 1.28. The number of aliphatic hydroxyl groups excluding tert-OH is 1. The maximum atomic E-state index is 11.7. The van der Waals surface area contributed by atoms with Crippen LogP contribution >= 0.6 is 11.8 Å². The minimum Gasteiger partial charge on any atom is -0.511 e. The van der Waals surface area contributed by atoms with Gasteiger partial charge in [0.1, 0.15) is 5.76 Å². The summed E-state index contributed by atoms with van der Waals surface area (Å²) in [5, 5.41) is 10.1. The lowest BCUT2D eigenvalue weighted by molar-refractivity contribution is -0.107. The first kappa shape index (κ1) is 15.4. The van der Waals surface area contributed by atoms with E-state index in [1.54, 1.807) is 6.08 Å². The third-order valence-corrected chi connectivity index (χ3v) is 4.54. The van der Waals surface area contributed by atoms with Gasteiger partial charge in [-0.2, -0.15) is 0 Å². The average Bonchev–Trinajstić information content (AvgIpc) is 2.58. The van der Waals surface area contributed by atoms with Gasteiger partial charge in [-0.3, -0.25) is 4.79 Å². The molecule has 0 spiro atoms. The van der Waals surface area contributed by atoms with E-state index in [1.165, 1.54) is 37.4 Å². The van der Waals surface area contributed by atoms with Crippen molar-refractivity contribution in [3.8, 4) is 0 Å². The van der Waals surface area contributed by atoms with Crippen molar-refractivity contribution in [1.29, 1.82) is 0 Å². The zero-order valence-electron chi connectivity index (χ0n) is 11.4. The largest absolute Gasteiger partial charge is 0.511 e. The number of thioether (sulfide) groups is 1. The Kier molecular flexibility index (Phi) is 6.55. The molecule has 0 saturated carbocycles. The number of aliphatic hydroxyl groups is 1. The van der Waals surface area contributed by atoms with E-state index in [0.717, 1.165) is 6.42 Å². The van der Waals surface area contributed by atoms with Gasteiger partial charge in [0.2, 0.25) is 5.12 Å². The summed E-state index contributed by atoms with van der Waals surface area (Å²) < 4.78 is 0. The van der Waals surface area contributed by atoms with Crippen molar-refractivity contribution in [3.63, 3.8) is 0 Å². The average molecular weight is 268 g/mol. The van der Waals surface area contributed by atoms with Crippen LogP contribution in [0.1, 0.15) is 52.4 Å². The van der Waals surface area contributed by atoms with Gasteiger partial charge in [-0.15, -0.1) is 6.58 Å². The van der Waals surface area contributed by atoms with E-state index in [1.807, 2.05) is 0 Å². The lowest BCUT2D eigenvalue weighted by atomic mass is 9.96. The van der Waals surface area contributed by atoms with Crippen molar-refractivity contribution in [1.82, 2.24) is 0 Å². The highest BCUT2D eigenvalue weighted by Crippen LogP contribution is 2.38. The summed E-state index contributed by atoms with van der Waals surface area (Å²) in [5.41, 5.74) is 0.556. The lowest BCUT2D eigenvalue weighted by Crippen LogP contribution is -2.09. The maximum Gasteiger partial charge on any atom is 0.219 e. The number of carbonyl (C=O) groups excluding carboxylic acids is 1. The highest BCUT2D eigenvalue weighted by Gasteiger charge is 2.33. The second-order valence-electron chi connectivity index (χ2n) is 5.09. The first-order valence-electron chi connectivity index (χ1n) is 6.84. The molecule has 1 N–H and O–H groups in total. The standard InChI is InChI=1S/C15H24O2S/c1-4-6-7-9-11(3)10-13-14(16)12(8-5-2)15(17)18-13/h5,11,13,16H,2,4,6-10H2,1,3H3. The molecule has 3 heteroatoms. The van der Waals surface area contributed by atoms with Gasteiger partial charge in [0.05, 0.1) is 5.25 Å². The highest BCUT2D eigenvalue weighted by atomic mass is 32.2. The van der Waals surface area contributed by atoms with Crippen molar-refractivity contribution < 1.29 is 9.90 Å². The Morgan fingerprint density at radius 3 is 2.83 bits per heavy atom. The minimum atomic E-state index is -0.0240. The van der Waals surface area contributed by atoms with Crippen LogP contribution in [0.5, 0.6) is 0 Å². The molecule has 2 atom stereocenters. The van der Waals surface area contributed by atoms with Gasteiger partial charge in [0.25, 0.3) is 0 Å². The van der Waals surface area contributed by atoms with Crippen molar-refractivity contribution in [2.45, 2.75) is 57.6 Å². The van der Waals surface area contributed by atoms with Gasteiger partial charge in [0, 0.05) is 5.57 Å². The molecule has 0 aromatic rings. The second kappa shape index (κ2) is 7.67. The second-order valence-corrected chi connectivity index (χ2v) is 6.26. The zero-order valence-corrected chi connectivity index (χ0v) is 12.3. The maximum absolute atomic E-state index is 11.7. The molecule has 0 aromatic heterocycles. The molecule has 1 heterocycles. The molecule has 0 bridgehead atoms. The molecule has 0 fully saturated rings. The van der Waals surface area contributed by atoms with Crippen molar-refractivity contribution in [2.24, 2.45) is 5.92 Å². The van der Waals surface area contributed by atoms with Gasteiger partial charge in [-0.05, 0) is 18.8 Å². The Morgan fingerprint density at radius 1 is 1.50 bits per heavy atom. The van der Waals surface area contributed by atoms with Crippen LogP contribution in [0.4, 0.5) is 0 Å². The highest BCUT2D eigenvalue weighted by molar-refractivity contribution is 8.15. The minimum absolute atomic E-state index is 0.0240. The Labute approximate surface area is 115 Å². The first-order valence-corrected chi connectivity index (χ1v) is 7.72. The molecule has 102 valence electrons. The Hall–Kier alpha value is -0.700. The van der Waals surface area contributed by atoms with Gasteiger partial charge >= 0.3 is 0 Å². The molecule has 0 radical (unpaired) electrons. The van der Waals surface area contributed by atoms with E-state index in [0.29, 0.717) is 23.7 Å². The molecule has 0 amide bonds. The number of hydrogen-bond acceptors (Lipinski definition) is 3. The van der Waals surface area contributed by atoms with E-state index < -0.39 is 0 Å². The van der Waals surface area contributed by atoms with Crippen LogP contribution < -0.4 is 0 Å². The molecule has 1 aliphatic heterocycles. The van der Waals surface area contributed by atoms with Crippen LogP contribution in [0.2, 0.25) is 0 Å². The topological polar surface area (TPSA) is 37.3 Å². The van der Waals surface area contributed by atoms with Gasteiger partial charge in [0.15, 0.2) is 0 Å². The molecule has 2 nitrogen and oxygen atoms in total. The fraction of sp³-hybridized carbons (Fsp3) is 0.667. The Bertz CT molecular complexity index is 333. The number of hydrogen-bond donors (Lipinski definition) is 1. The normalized spacial score (nSPS) is 21.4. The summed E-state index contributed by atoms with van der Waals surface area (Å²) in [4.78, 5) is 11.7. The van der Waals surface area contributed by atoms with E-state index >= 15 is 0 Å². The summed E-state index contributed by atoms with van der Waals surface area (Å²) in [6.07, 6.45) is 7.99. The lowest BCUT2D eigenvalue weighted by Gasteiger charge is -2.15. The predicted molar refractivity (Wildman–Crippen MR) is 78.8 cm³/mol. The fourth-order valence-electron chi connectivity index (χ4n) is 2.27. The summed E-state index contributed by atoms with van der Waals surface area (Å²) in [6, 6.07) is 0. The van der Waals surface area contributed by atoms with Gasteiger partial charge in [-0.1, -0.05) is 57.4 Å². The third kappa shape index (κ3) is 4.20. The number of carbonyl (C=O) groups is 1. The third-order valence-electron chi connectivity index (χ3n) is 3.38. The van der Waals surface area contributed by atoms with Gasteiger partial charge in [-0.25, -0.2) is 0 Å². The number of allylic oxidation sites excluding steroid dienone is 1. The summed E-state index contributed by atoms with van der Waals surface area (Å²) in [6.45, 7) is 8.03. The van der Waals surface area contributed by atoms with E-state index in [-0.39, 0.29) is 10.4 Å². The van der Waals surface area contributed by atoms with Crippen LogP contribution in [0, 0.1) is 5.92 Å². The van der Waals surface area contributed by atoms with Crippen LogP contribution in [0.25, 0.3) is 0 Å². The van der Waals surface area contributed by atoms with Crippen LogP contribution in [-0.4, -0.2) is 15.5 Å². The zero-order chi connectivity index (χ0) is 13.5. The smallest absolute Gasteiger partial charge is 0.219 e. The summed E-state index contributed by atoms with van der Waals surface area (Å²) in [7, 11) is 0. The molecule has 0 aromatic carbocycles. The number of unbranched alkanes of at least 4 members (excludes halogenated alkanes) is 2. The molecular weight excluding hydrogens is 244 g/mol. The van der Waals surface area contributed by atoms with Crippen molar-refractivity contribution >= 4 is 16.9 Å². The van der Waals surface area contributed by atoms with Crippen molar-refractivity contribution in [2.75, 3.05) is 0 Å². The number of rotatable bonds is 8. The van der Waals surface area contributed by atoms with Crippen LogP contribution in [-0.2, 0) is 4.79 Å². The predicted octanol–water partition coefficient (Wildman–Crippen LogP) is 4.62. The van der Waals surface area contributed by atoms with E-state index in [9.17, 15) is 9.90 Å². The molecule has 0 aliphatic carbocycles. The molecule has 18 heavy (non-hydrogen) atoms. The van der Waals surface area contributed by atoms with E-state index in [4.69, 9.17) is 0 Å². The van der Waals surface area contributed by atoms with Crippen LogP contribution in [0.15, 0.2) is 24.0 Å². The molecule has 1 aliphatic rings. The SMILES string of the molecule is C=CCC1=C(O)C(CC(C)CCCCC)SC1=O. The molecule has 1 rings (SSSR count). The van der Waals surface area contributed by atoms with Crippen molar-refractivity contribution in [3.05, 3.63) is 24.0 Å². The van der Waals surface area contributed by atoms with E-state index in [2.05, 4.69) is 20.4 Å². The fourth-order valence-corrected chi connectivity index (χ4v) is 3.54. The molecular formula is C15H24O2S. The summed E-state index contributed by atoms with van der Waals surface area (Å²) in [5.74, 6) is 0.860. The van der Waals surface area contributed by atoms with Crippen LogP contribution in [0.3, 0.4) is 0 Å².